The summed E-state index contributed by atoms with van der Waals surface area (Å²) < 4.78 is 57.8. The van der Waals surface area contributed by atoms with Crippen molar-refractivity contribution in [3.63, 3.8) is 0 Å². The van der Waals surface area contributed by atoms with Crippen LogP contribution in [-0.2, 0) is 9.75 Å². The zero-order chi connectivity index (χ0) is 25.1. The number of aliphatic hydroxyl groups excluding tert-OH is 1. The molecule has 0 amide bonds. The second kappa shape index (κ2) is 10.1. The lowest BCUT2D eigenvalue weighted by Crippen LogP contribution is -2.39. The number of ether oxygens (including phenoxy) is 1. The number of hydrogen-bond donors (Lipinski definition) is 1. The number of methoxy groups -OCH3 is 1. The lowest BCUT2D eigenvalue weighted by Gasteiger charge is -2.38. The Kier molecular flexibility index (Phi) is 7.85. The zero-order valence-electron chi connectivity index (χ0n) is 18.5. The molecule has 3 aromatic rings. The lowest BCUT2D eigenvalue weighted by molar-refractivity contribution is -0.209. The van der Waals surface area contributed by atoms with Crippen LogP contribution in [0.1, 0.15) is 30.9 Å². The number of hydrogen-bond acceptors (Lipinski definition) is 2. The topological polar surface area (TPSA) is 29.5 Å². The predicted molar refractivity (Wildman–Crippen MR) is 127 cm³/mol. The van der Waals surface area contributed by atoms with Gasteiger partial charge in [-0.3, -0.25) is 0 Å². The quantitative estimate of drug-likeness (QED) is 0.245. The van der Waals surface area contributed by atoms with E-state index in [2.05, 4.69) is 0 Å². The second-order valence-corrected chi connectivity index (χ2v) is 9.98. The Labute approximate surface area is 206 Å². The molecule has 8 heteroatoms. The molecule has 0 aromatic heterocycles. The molecule has 0 saturated heterocycles. The summed E-state index contributed by atoms with van der Waals surface area (Å²) in [7, 11) is 1.33. The first-order chi connectivity index (χ1) is 15.9. The Morgan fingerprint density at radius 1 is 0.912 bits per heavy atom. The highest BCUT2D eigenvalue weighted by Crippen LogP contribution is 2.50. The van der Waals surface area contributed by atoms with Crippen LogP contribution in [0.4, 0.5) is 17.6 Å². The van der Waals surface area contributed by atoms with E-state index in [-0.39, 0.29) is 17.7 Å². The first kappa shape index (κ1) is 26.3. The van der Waals surface area contributed by atoms with Gasteiger partial charge in [0.05, 0.1) is 7.11 Å². The SMILES string of the molecule is COc1ccc(F)cc1C(C)(CC(O)C(F)(F)F)CC(Cl)(Cl)c1cccc(-c2ccccc2)c1. The number of benzene rings is 3. The van der Waals surface area contributed by atoms with Crippen molar-refractivity contribution in [1.29, 1.82) is 0 Å². The van der Waals surface area contributed by atoms with Crippen molar-refractivity contribution in [2.45, 2.75) is 41.8 Å². The van der Waals surface area contributed by atoms with E-state index in [1.807, 2.05) is 36.4 Å². The van der Waals surface area contributed by atoms with Crippen LogP contribution in [0.3, 0.4) is 0 Å². The van der Waals surface area contributed by atoms with Crippen molar-refractivity contribution in [1.82, 2.24) is 0 Å². The van der Waals surface area contributed by atoms with Gasteiger partial charge in [-0.05, 0) is 53.8 Å². The Bertz CT molecular complexity index is 1120. The van der Waals surface area contributed by atoms with Crippen LogP contribution in [0.5, 0.6) is 5.75 Å². The Hall–Kier alpha value is -2.28. The van der Waals surface area contributed by atoms with Gasteiger partial charge in [0.2, 0.25) is 0 Å². The number of halogens is 6. The highest BCUT2D eigenvalue weighted by molar-refractivity contribution is 6.48. The summed E-state index contributed by atoms with van der Waals surface area (Å²) in [4.78, 5) is 0. The fourth-order valence-corrected chi connectivity index (χ4v) is 4.95. The molecular formula is C26H24Cl2F4O2. The van der Waals surface area contributed by atoms with E-state index >= 15 is 0 Å². The summed E-state index contributed by atoms with van der Waals surface area (Å²) in [6.45, 7) is 1.46. The normalized spacial score (nSPS) is 15.0. The van der Waals surface area contributed by atoms with Crippen LogP contribution in [0.15, 0.2) is 72.8 Å². The summed E-state index contributed by atoms with van der Waals surface area (Å²) in [5.74, 6) is -0.496. The third kappa shape index (κ3) is 6.04. The van der Waals surface area contributed by atoms with Crippen LogP contribution in [-0.4, -0.2) is 24.5 Å². The van der Waals surface area contributed by atoms with Crippen molar-refractivity contribution < 1.29 is 27.4 Å². The molecule has 0 aliphatic heterocycles. The van der Waals surface area contributed by atoms with Crippen molar-refractivity contribution >= 4 is 23.2 Å². The number of rotatable bonds is 8. The molecule has 34 heavy (non-hydrogen) atoms. The maximum Gasteiger partial charge on any atom is 0.414 e. The van der Waals surface area contributed by atoms with E-state index in [0.29, 0.717) is 5.56 Å². The van der Waals surface area contributed by atoms with E-state index in [1.54, 1.807) is 18.2 Å². The van der Waals surface area contributed by atoms with Crippen LogP contribution < -0.4 is 4.74 Å². The van der Waals surface area contributed by atoms with Crippen LogP contribution in [0.25, 0.3) is 11.1 Å². The summed E-state index contributed by atoms with van der Waals surface area (Å²) in [5.41, 5.74) is 0.817. The van der Waals surface area contributed by atoms with E-state index < -0.39 is 34.3 Å². The van der Waals surface area contributed by atoms with Gasteiger partial charge < -0.3 is 9.84 Å². The molecule has 0 fully saturated rings. The smallest absolute Gasteiger partial charge is 0.414 e. The van der Waals surface area contributed by atoms with Gasteiger partial charge >= 0.3 is 6.18 Å². The Balaban J connectivity index is 2.06. The minimum absolute atomic E-state index is 0.128. The third-order valence-corrected chi connectivity index (χ3v) is 6.54. The van der Waals surface area contributed by atoms with Gasteiger partial charge in [-0.1, -0.05) is 78.7 Å². The summed E-state index contributed by atoms with van der Waals surface area (Å²) >= 11 is 13.5. The van der Waals surface area contributed by atoms with Gasteiger partial charge in [-0.2, -0.15) is 13.2 Å². The van der Waals surface area contributed by atoms with Gasteiger partial charge in [-0.15, -0.1) is 0 Å². The molecule has 2 atom stereocenters. The molecule has 0 saturated carbocycles. The van der Waals surface area contributed by atoms with Crippen molar-refractivity contribution in [2.75, 3.05) is 7.11 Å². The molecule has 2 nitrogen and oxygen atoms in total. The largest absolute Gasteiger partial charge is 0.496 e. The minimum Gasteiger partial charge on any atom is -0.496 e. The van der Waals surface area contributed by atoms with Crippen molar-refractivity contribution in [3.05, 3.63) is 89.7 Å². The molecule has 0 spiro atoms. The summed E-state index contributed by atoms with van der Waals surface area (Å²) in [6.07, 6.45) is -8.61. The minimum atomic E-state index is -4.88. The first-order valence-electron chi connectivity index (χ1n) is 10.5. The molecule has 1 N–H and O–H groups in total. The van der Waals surface area contributed by atoms with Gasteiger partial charge in [0, 0.05) is 11.0 Å². The fraction of sp³-hybridized carbons (Fsp3) is 0.308. The molecule has 3 aromatic carbocycles. The summed E-state index contributed by atoms with van der Waals surface area (Å²) in [6, 6.07) is 20.1. The molecule has 0 bridgehead atoms. The average molecular weight is 515 g/mol. The molecule has 0 aliphatic rings. The van der Waals surface area contributed by atoms with Crippen LogP contribution in [0.2, 0.25) is 0 Å². The van der Waals surface area contributed by atoms with Gasteiger partial charge in [0.1, 0.15) is 15.9 Å². The van der Waals surface area contributed by atoms with E-state index in [4.69, 9.17) is 27.9 Å². The number of alkyl halides is 5. The molecule has 0 heterocycles. The monoisotopic (exact) mass is 514 g/mol. The Morgan fingerprint density at radius 2 is 1.56 bits per heavy atom. The Morgan fingerprint density at radius 3 is 2.18 bits per heavy atom. The van der Waals surface area contributed by atoms with Crippen molar-refractivity contribution in [2.24, 2.45) is 0 Å². The van der Waals surface area contributed by atoms with E-state index in [1.165, 1.54) is 20.1 Å². The molecule has 2 unspecified atom stereocenters. The van der Waals surface area contributed by atoms with E-state index in [9.17, 15) is 22.7 Å². The molecule has 0 radical (unpaired) electrons. The second-order valence-electron chi connectivity index (χ2n) is 8.49. The fourth-order valence-electron chi connectivity index (χ4n) is 4.12. The van der Waals surface area contributed by atoms with Crippen LogP contribution >= 0.6 is 23.2 Å². The van der Waals surface area contributed by atoms with E-state index in [0.717, 1.165) is 23.3 Å². The van der Waals surface area contributed by atoms with Gasteiger partial charge in [-0.25, -0.2) is 4.39 Å². The highest BCUT2D eigenvalue weighted by Gasteiger charge is 2.47. The zero-order valence-corrected chi connectivity index (χ0v) is 20.1. The third-order valence-electron chi connectivity index (χ3n) is 5.84. The molecule has 3 rings (SSSR count). The maximum absolute atomic E-state index is 14.2. The predicted octanol–water partition coefficient (Wildman–Crippen LogP) is 7.79. The van der Waals surface area contributed by atoms with Gasteiger partial charge in [0.25, 0.3) is 0 Å². The highest BCUT2D eigenvalue weighted by atomic mass is 35.5. The average Bonchev–Trinajstić information content (AvgIpc) is 2.78. The first-order valence-corrected chi connectivity index (χ1v) is 11.2. The summed E-state index contributed by atoms with van der Waals surface area (Å²) in [5, 5.41) is 9.93. The molecule has 0 aliphatic carbocycles. The standard InChI is InChI=1S/C26H24Cl2F4O2/c1-24(15-23(33)26(30,31)32,21-14-20(29)11-12-22(21)34-2)16-25(27,28)19-10-6-9-18(13-19)17-7-4-3-5-8-17/h3-14,23,33H,15-16H2,1-2H3. The lowest BCUT2D eigenvalue weighted by atomic mass is 9.72. The number of aliphatic hydroxyl groups is 1. The van der Waals surface area contributed by atoms with Crippen LogP contribution in [0, 0.1) is 5.82 Å². The molecular weight excluding hydrogens is 491 g/mol. The van der Waals surface area contributed by atoms with Gasteiger partial charge in [0.15, 0.2) is 6.10 Å². The molecule has 182 valence electrons. The van der Waals surface area contributed by atoms with Crippen molar-refractivity contribution in [3.8, 4) is 16.9 Å². The maximum atomic E-state index is 14.2.